The molecule has 0 saturated carbocycles. The van der Waals surface area contributed by atoms with E-state index in [4.69, 9.17) is 0 Å². The zero-order valence-corrected chi connectivity index (χ0v) is 13.9. The van der Waals surface area contributed by atoms with Crippen molar-refractivity contribution in [1.82, 2.24) is 19.7 Å². The molecule has 24 heavy (non-hydrogen) atoms. The molecule has 0 bridgehead atoms. The molecule has 5 heteroatoms. The van der Waals surface area contributed by atoms with Gasteiger partial charge in [-0.3, -0.25) is 9.89 Å². The molecule has 0 fully saturated rings. The van der Waals surface area contributed by atoms with Gasteiger partial charge in [0.2, 0.25) is 0 Å². The van der Waals surface area contributed by atoms with Gasteiger partial charge in [-0.2, -0.15) is 5.10 Å². The Balaban J connectivity index is 1.67. The first-order valence-electron chi connectivity index (χ1n) is 8.20. The highest BCUT2D eigenvalue weighted by Crippen LogP contribution is 2.24. The molecular weight excluding hydrogens is 300 g/mol. The van der Waals surface area contributed by atoms with Gasteiger partial charge in [-0.05, 0) is 32.0 Å². The van der Waals surface area contributed by atoms with Crippen LogP contribution in [0.25, 0.3) is 5.69 Å². The van der Waals surface area contributed by atoms with Crippen LogP contribution in [-0.4, -0.2) is 32.1 Å². The van der Waals surface area contributed by atoms with Crippen molar-refractivity contribution < 1.29 is 4.79 Å². The Kier molecular flexibility index (Phi) is 3.49. The second kappa shape index (κ2) is 5.67. The van der Waals surface area contributed by atoms with Crippen LogP contribution in [-0.2, 0) is 13.0 Å². The van der Waals surface area contributed by atoms with Crippen molar-refractivity contribution >= 4 is 5.91 Å². The molecule has 0 saturated heterocycles. The number of carbonyl (C=O) groups is 1. The van der Waals surface area contributed by atoms with Crippen LogP contribution in [0.5, 0.6) is 0 Å². The number of rotatable bonds is 2. The van der Waals surface area contributed by atoms with E-state index >= 15 is 0 Å². The molecule has 3 aromatic rings. The number of hydrogen-bond donors (Lipinski definition) is 1. The van der Waals surface area contributed by atoms with Gasteiger partial charge in [-0.1, -0.05) is 18.2 Å². The van der Waals surface area contributed by atoms with E-state index in [1.807, 2.05) is 49.2 Å². The van der Waals surface area contributed by atoms with Crippen LogP contribution in [0.3, 0.4) is 0 Å². The average Bonchev–Trinajstić information content (AvgIpc) is 3.18. The lowest BCUT2D eigenvalue weighted by Gasteiger charge is -2.26. The van der Waals surface area contributed by atoms with Crippen LogP contribution >= 0.6 is 0 Å². The summed E-state index contributed by atoms with van der Waals surface area (Å²) in [5.41, 5.74) is 6.19. The third-order valence-corrected chi connectivity index (χ3v) is 4.76. The van der Waals surface area contributed by atoms with E-state index in [0.717, 1.165) is 46.9 Å². The molecule has 0 aliphatic carbocycles. The quantitative estimate of drug-likeness (QED) is 0.789. The van der Waals surface area contributed by atoms with E-state index in [-0.39, 0.29) is 5.91 Å². The fraction of sp³-hybridized carbons (Fsp3) is 0.263. The normalized spacial score (nSPS) is 13.8. The van der Waals surface area contributed by atoms with Crippen molar-refractivity contribution in [3.8, 4) is 5.69 Å². The summed E-state index contributed by atoms with van der Waals surface area (Å²) in [5.74, 6) is 0.0946. The summed E-state index contributed by atoms with van der Waals surface area (Å²) in [4.78, 5) is 14.9. The molecule has 0 spiro atoms. The van der Waals surface area contributed by atoms with Gasteiger partial charge >= 0.3 is 0 Å². The Morgan fingerprint density at radius 2 is 2.00 bits per heavy atom. The largest absolute Gasteiger partial charge is 0.334 e. The molecule has 4 rings (SSSR count). The fourth-order valence-corrected chi connectivity index (χ4v) is 3.52. The van der Waals surface area contributed by atoms with Crippen molar-refractivity contribution in [1.29, 1.82) is 0 Å². The summed E-state index contributed by atoms with van der Waals surface area (Å²) in [6, 6.07) is 12.1. The van der Waals surface area contributed by atoms with Crippen LogP contribution in [0.2, 0.25) is 0 Å². The maximum atomic E-state index is 13.0. The predicted octanol–water partition coefficient (Wildman–Crippen LogP) is 3.02. The Morgan fingerprint density at radius 1 is 1.21 bits per heavy atom. The van der Waals surface area contributed by atoms with Gasteiger partial charge in [-0.15, -0.1) is 0 Å². The third-order valence-electron chi connectivity index (χ3n) is 4.76. The van der Waals surface area contributed by atoms with E-state index in [0.29, 0.717) is 6.54 Å². The first kappa shape index (κ1) is 14.8. The van der Waals surface area contributed by atoms with E-state index in [1.54, 1.807) is 0 Å². The van der Waals surface area contributed by atoms with Gasteiger partial charge in [0.25, 0.3) is 5.91 Å². The topological polar surface area (TPSA) is 53.9 Å². The van der Waals surface area contributed by atoms with Crippen molar-refractivity contribution in [3.63, 3.8) is 0 Å². The summed E-state index contributed by atoms with van der Waals surface area (Å²) in [7, 11) is 0. The first-order chi connectivity index (χ1) is 11.6. The van der Waals surface area contributed by atoms with Crippen LogP contribution < -0.4 is 0 Å². The molecule has 0 radical (unpaired) electrons. The molecule has 1 aliphatic rings. The lowest BCUT2D eigenvalue weighted by atomic mass is 10.1. The van der Waals surface area contributed by atoms with Gasteiger partial charge in [0.05, 0.1) is 11.8 Å². The molecular formula is C19H20N4O. The van der Waals surface area contributed by atoms with Crippen LogP contribution in [0, 0.1) is 13.8 Å². The second-order valence-corrected chi connectivity index (χ2v) is 6.31. The van der Waals surface area contributed by atoms with Crippen LogP contribution in [0.15, 0.2) is 42.6 Å². The summed E-state index contributed by atoms with van der Waals surface area (Å²) in [5, 5.41) is 7.09. The zero-order valence-electron chi connectivity index (χ0n) is 13.9. The summed E-state index contributed by atoms with van der Waals surface area (Å²) >= 11 is 0. The second-order valence-electron chi connectivity index (χ2n) is 6.31. The number of aromatic nitrogens is 3. The standard InChI is InChI=1S/C19H20N4O/c1-13-10-17(14(2)23(13)16-6-4-3-5-7-16)19(24)22-9-8-18-15(12-22)11-20-21-18/h3-7,10-11H,8-9,12H2,1-2H3,(H,20,21). The highest BCUT2D eigenvalue weighted by Gasteiger charge is 2.26. The summed E-state index contributed by atoms with van der Waals surface area (Å²) in [6.07, 6.45) is 2.65. The predicted molar refractivity (Wildman–Crippen MR) is 92.3 cm³/mol. The number of hydrogen-bond acceptors (Lipinski definition) is 2. The summed E-state index contributed by atoms with van der Waals surface area (Å²) < 4.78 is 2.14. The number of aryl methyl sites for hydroxylation is 1. The number of benzene rings is 1. The highest BCUT2D eigenvalue weighted by molar-refractivity contribution is 5.96. The van der Waals surface area contributed by atoms with E-state index in [1.165, 1.54) is 0 Å². The van der Waals surface area contributed by atoms with Gasteiger partial charge in [0.15, 0.2) is 0 Å². The molecule has 1 aliphatic heterocycles. The zero-order chi connectivity index (χ0) is 16.7. The van der Waals surface area contributed by atoms with E-state index in [9.17, 15) is 4.79 Å². The third kappa shape index (κ3) is 2.33. The Labute approximate surface area is 140 Å². The molecule has 1 aromatic carbocycles. The van der Waals surface area contributed by atoms with Gasteiger partial charge < -0.3 is 9.47 Å². The van der Waals surface area contributed by atoms with Crippen molar-refractivity contribution in [3.05, 3.63) is 70.8 Å². The van der Waals surface area contributed by atoms with Gasteiger partial charge in [0.1, 0.15) is 0 Å². The minimum atomic E-state index is 0.0946. The Morgan fingerprint density at radius 3 is 2.79 bits per heavy atom. The average molecular weight is 320 g/mol. The molecule has 1 N–H and O–H groups in total. The molecule has 0 atom stereocenters. The Bertz CT molecular complexity index is 891. The lowest BCUT2D eigenvalue weighted by molar-refractivity contribution is 0.0733. The maximum absolute atomic E-state index is 13.0. The maximum Gasteiger partial charge on any atom is 0.256 e. The van der Waals surface area contributed by atoms with Crippen molar-refractivity contribution in [2.45, 2.75) is 26.8 Å². The molecule has 3 heterocycles. The lowest BCUT2D eigenvalue weighted by Crippen LogP contribution is -2.35. The first-order valence-corrected chi connectivity index (χ1v) is 8.20. The Hall–Kier alpha value is -2.82. The van der Waals surface area contributed by atoms with Crippen molar-refractivity contribution in [2.75, 3.05) is 6.54 Å². The molecule has 0 unspecified atom stereocenters. The monoisotopic (exact) mass is 320 g/mol. The number of amides is 1. The number of aromatic amines is 1. The molecule has 122 valence electrons. The SMILES string of the molecule is Cc1cc(C(=O)N2CCc3[nH]ncc3C2)c(C)n1-c1ccccc1. The van der Waals surface area contributed by atoms with Gasteiger partial charge in [-0.25, -0.2) is 0 Å². The number of carbonyl (C=O) groups excluding carboxylic acids is 1. The van der Waals surface area contributed by atoms with Crippen LogP contribution in [0.4, 0.5) is 0 Å². The molecule has 1 amide bonds. The number of fused-ring (bicyclic) bond motifs is 1. The van der Waals surface area contributed by atoms with Gasteiger partial charge in [0, 0.05) is 47.8 Å². The summed E-state index contributed by atoms with van der Waals surface area (Å²) in [6.45, 7) is 5.41. The molecule has 2 aromatic heterocycles. The number of nitrogens with one attached hydrogen (secondary N) is 1. The fourth-order valence-electron chi connectivity index (χ4n) is 3.52. The number of para-hydroxylation sites is 1. The highest BCUT2D eigenvalue weighted by atomic mass is 16.2. The van der Waals surface area contributed by atoms with E-state index < -0.39 is 0 Å². The molecule has 5 nitrogen and oxygen atoms in total. The smallest absolute Gasteiger partial charge is 0.256 e. The van der Waals surface area contributed by atoms with Crippen molar-refractivity contribution in [2.24, 2.45) is 0 Å². The van der Waals surface area contributed by atoms with Crippen LogP contribution in [0.1, 0.15) is 33.0 Å². The number of nitrogens with zero attached hydrogens (tertiary/aromatic N) is 3. The number of H-pyrrole nitrogens is 1. The van der Waals surface area contributed by atoms with E-state index in [2.05, 4.69) is 26.9 Å². The minimum Gasteiger partial charge on any atom is -0.334 e. The minimum absolute atomic E-state index is 0.0946.